The van der Waals surface area contributed by atoms with Gasteiger partial charge in [-0.2, -0.15) is 32.8 Å². The van der Waals surface area contributed by atoms with Crippen LogP contribution < -0.4 is 15.0 Å². The van der Waals surface area contributed by atoms with Gasteiger partial charge in [-0.15, -0.1) is 14.1 Å². The molecule has 1 aromatic carbocycles. The summed E-state index contributed by atoms with van der Waals surface area (Å²) in [6.07, 6.45) is -1.66. The van der Waals surface area contributed by atoms with Crippen molar-refractivity contribution in [3.05, 3.63) is 53.0 Å². The van der Waals surface area contributed by atoms with E-state index >= 15 is 4.39 Å². The minimum absolute atomic E-state index is 0.184. The number of hydrogen-bond acceptors (Lipinski definition) is 6. The molecule has 2 aliphatic rings. The molecule has 1 fully saturated rings. The lowest BCUT2D eigenvalue weighted by atomic mass is 9.99. The van der Waals surface area contributed by atoms with Crippen molar-refractivity contribution in [1.82, 2.24) is 9.88 Å². The molecule has 219 valence electrons. The van der Waals surface area contributed by atoms with Crippen LogP contribution in [-0.2, 0) is 10.9 Å². The Labute approximate surface area is 233 Å². The Morgan fingerprint density at radius 3 is 2.50 bits per heavy atom. The first-order valence-electron chi connectivity index (χ1n) is 13.4. The van der Waals surface area contributed by atoms with E-state index in [2.05, 4.69) is 34.8 Å². The first-order chi connectivity index (χ1) is 18.8. The minimum atomic E-state index is -4.81. The zero-order valence-electron chi connectivity index (χ0n) is 23.3. The molecule has 1 saturated heterocycles. The third-order valence-electron chi connectivity index (χ3n) is 7.02. The van der Waals surface area contributed by atoms with Gasteiger partial charge >= 0.3 is 6.18 Å². The molecule has 0 unspecified atom stereocenters. The van der Waals surface area contributed by atoms with E-state index in [4.69, 9.17) is 9.47 Å². The molecule has 7 nitrogen and oxygen atoms in total. The Bertz CT molecular complexity index is 1260. The van der Waals surface area contributed by atoms with Gasteiger partial charge in [0.1, 0.15) is 5.82 Å². The number of amides is 1. The highest BCUT2D eigenvalue weighted by molar-refractivity contribution is 6.76. The van der Waals surface area contributed by atoms with Crippen LogP contribution in [0.5, 0.6) is 5.88 Å². The van der Waals surface area contributed by atoms with Crippen molar-refractivity contribution in [2.45, 2.75) is 38.3 Å². The Hall–Kier alpha value is -2.96. The summed E-state index contributed by atoms with van der Waals surface area (Å²) < 4.78 is 68.4. The summed E-state index contributed by atoms with van der Waals surface area (Å²) in [4.78, 5) is 21.4. The van der Waals surface area contributed by atoms with Crippen LogP contribution >= 0.6 is 0 Å². The number of benzene rings is 1. The van der Waals surface area contributed by atoms with Crippen LogP contribution in [0.1, 0.15) is 27.9 Å². The first-order valence-corrected chi connectivity index (χ1v) is 17.1. The lowest BCUT2D eigenvalue weighted by Gasteiger charge is -2.35. The van der Waals surface area contributed by atoms with Crippen molar-refractivity contribution in [2.24, 2.45) is 0 Å². The number of nitrogens with zero attached hydrogens (tertiary/aromatic N) is 3. The number of aromatic nitrogens is 1. The second-order valence-electron chi connectivity index (χ2n) is 11.4. The molecule has 0 aliphatic carbocycles. The van der Waals surface area contributed by atoms with Crippen LogP contribution in [0.3, 0.4) is 0 Å². The molecule has 3 heterocycles. The van der Waals surface area contributed by atoms with Crippen molar-refractivity contribution in [3.8, 4) is 5.88 Å². The number of pyridine rings is 1. The molecular formula is C28H36F4N4O3Si-. The maximum absolute atomic E-state index is 15.3. The average molecular weight is 581 g/mol. The quantitative estimate of drug-likeness (QED) is 0.316. The molecule has 1 aromatic heterocycles. The van der Waals surface area contributed by atoms with Gasteiger partial charge in [0, 0.05) is 44.0 Å². The fourth-order valence-electron chi connectivity index (χ4n) is 4.57. The summed E-state index contributed by atoms with van der Waals surface area (Å²) in [5.74, 6) is -1.63. The SMILES string of the molecule is CN1CCN(c2cc(F)c(C3=CCOCC3)cc2NC(=O)c2cnc(OCC[Si-](C)(C)C)cc2C(F)(F)F)CC1. The molecule has 1 amide bonds. The Morgan fingerprint density at radius 2 is 1.88 bits per heavy atom. The third kappa shape index (κ3) is 7.61. The van der Waals surface area contributed by atoms with Gasteiger partial charge in [-0.05, 0) is 31.2 Å². The van der Waals surface area contributed by atoms with Crippen molar-refractivity contribution in [3.63, 3.8) is 0 Å². The predicted molar refractivity (Wildman–Crippen MR) is 150 cm³/mol. The molecule has 4 rings (SSSR count). The molecule has 2 aromatic rings. The van der Waals surface area contributed by atoms with Gasteiger partial charge in [-0.3, -0.25) is 4.79 Å². The summed E-state index contributed by atoms with van der Waals surface area (Å²) in [5, 5.41) is 2.64. The number of anilines is 2. The number of ether oxygens (including phenoxy) is 2. The van der Waals surface area contributed by atoms with Gasteiger partial charge in [0.05, 0.1) is 42.3 Å². The van der Waals surface area contributed by atoms with E-state index in [1.165, 1.54) is 12.1 Å². The van der Waals surface area contributed by atoms with Gasteiger partial charge in [-0.25, -0.2) is 9.37 Å². The lowest BCUT2D eigenvalue weighted by Crippen LogP contribution is -2.44. The highest BCUT2D eigenvalue weighted by Crippen LogP contribution is 2.37. The first kappa shape index (κ1) is 30.0. The zero-order valence-corrected chi connectivity index (χ0v) is 24.3. The van der Waals surface area contributed by atoms with Gasteiger partial charge in [0.2, 0.25) is 5.88 Å². The van der Waals surface area contributed by atoms with Crippen LogP contribution in [0.2, 0.25) is 25.7 Å². The van der Waals surface area contributed by atoms with Crippen molar-refractivity contribution in [2.75, 3.05) is 63.3 Å². The Balaban J connectivity index is 1.67. The number of halogens is 4. The maximum Gasteiger partial charge on any atom is 0.417 e. The fraction of sp³-hybridized carbons (Fsp3) is 0.500. The summed E-state index contributed by atoms with van der Waals surface area (Å²) in [5.41, 5.74) is -0.104. The summed E-state index contributed by atoms with van der Waals surface area (Å²) in [6, 6.07) is 4.38. The average Bonchev–Trinajstić information content (AvgIpc) is 2.89. The smallest absolute Gasteiger partial charge is 0.417 e. The zero-order chi connectivity index (χ0) is 29.1. The monoisotopic (exact) mass is 580 g/mol. The van der Waals surface area contributed by atoms with Crippen molar-refractivity contribution in [1.29, 1.82) is 0 Å². The molecule has 0 spiro atoms. The molecule has 1 N–H and O–H groups in total. The largest absolute Gasteiger partial charge is 0.481 e. The van der Waals surface area contributed by atoms with E-state index in [9.17, 15) is 18.0 Å². The number of likely N-dealkylation sites (N-methyl/N-ethyl adjacent to an activating group) is 1. The molecule has 2 aliphatic heterocycles. The molecule has 0 atom stereocenters. The summed E-state index contributed by atoms with van der Waals surface area (Å²) >= 11 is 0. The van der Waals surface area contributed by atoms with Crippen LogP contribution in [0.4, 0.5) is 28.9 Å². The number of piperazine rings is 1. The van der Waals surface area contributed by atoms with E-state index in [1.54, 1.807) is 6.08 Å². The molecule has 0 saturated carbocycles. The van der Waals surface area contributed by atoms with E-state index < -0.39 is 37.1 Å². The Morgan fingerprint density at radius 1 is 1.15 bits per heavy atom. The lowest BCUT2D eigenvalue weighted by molar-refractivity contribution is -0.138. The highest BCUT2D eigenvalue weighted by atomic mass is 28.3. The molecule has 12 heteroatoms. The number of carbonyl (C=O) groups excluding carboxylic acids is 1. The van der Waals surface area contributed by atoms with Crippen LogP contribution in [0.15, 0.2) is 30.5 Å². The number of rotatable bonds is 8. The standard InChI is InChI=1S/C28H36F4N4O3Si/c1-35-7-9-36(10-8-35)25-17-23(29)20(19-5-11-38-12-6-19)15-24(25)34-27(37)21-18-33-26(16-22(21)28(30,31)32)39-13-14-40(2,3)4/h5,15-18H,6-14H2,1-4H3,(H,34,37)/q-1. The summed E-state index contributed by atoms with van der Waals surface area (Å²) in [6.45, 7) is 10.0. The van der Waals surface area contributed by atoms with E-state index in [-0.39, 0.29) is 23.7 Å². The number of nitrogens with one attached hydrogen (secondary N) is 1. The van der Waals surface area contributed by atoms with E-state index in [0.29, 0.717) is 38.4 Å². The predicted octanol–water partition coefficient (Wildman–Crippen LogP) is 5.76. The van der Waals surface area contributed by atoms with Gasteiger partial charge in [-0.1, -0.05) is 6.08 Å². The van der Waals surface area contributed by atoms with Crippen molar-refractivity contribution >= 4 is 30.9 Å². The Kier molecular flexibility index (Phi) is 9.21. The molecule has 40 heavy (non-hydrogen) atoms. The second kappa shape index (κ2) is 12.3. The molecule has 0 bridgehead atoms. The van der Waals surface area contributed by atoms with Crippen LogP contribution in [0, 0.1) is 5.82 Å². The number of alkyl halides is 3. The van der Waals surface area contributed by atoms with Gasteiger partial charge in [0.25, 0.3) is 5.91 Å². The maximum atomic E-state index is 15.3. The highest BCUT2D eigenvalue weighted by Gasteiger charge is 2.36. The normalized spacial score (nSPS) is 17.0. The summed E-state index contributed by atoms with van der Waals surface area (Å²) in [7, 11) is 0.516. The topological polar surface area (TPSA) is 66.9 Å². The van der Waals surface area contributed by atoms with Crippen LogP contribution in [0.25, 0.3) is 5.57 Å². The van der Waals surface area contributed by atoms with Crippen molar-refractivity contribution < 1.29 is 31.8 Å². The molecule has 0 radical (unpaired) electrons. The third-order valence-corrected chi connectivity index (χ3v) is 8.72. The molecular weight excluding hydrogens is 544 g/mol. The van der Waals surface area contributed by atoms with E-state index in [1.807, 2.05) is 11.9 Å². The van der Waals surface area contributed by atoms with Gasteiger partial charge < -0.3 is 24.6 Å². The number of carbonyl (C=O) groups is 1. The fourth-order valence-corrected chi connectivity index (χ4v) is 5.29. The van der Waals surface area contributed by atoms with Gasteiger partial charge in [0.15, 0.2) is 0 Å². The number of hydrogen-bond donors (Lipinski definition) is 1. The van der Waals surface area contributed by atoms with Crippen LogP contribution in [-0.4, -0.2) is 76.9 Å². The minimum Gasteiger partial charge on any atom is -0.481 e. The van der Waals surface area contributed by atoms with E-state index in [0.717, 1.165) is 37.0 Å². The second-order valence-corrected chi connectivity index (χ2v) is 17.0.